The van der Waals surface area contributed by atoms with Crippen LogP contribution < -0.4 is 9.47 Å². The van der Waals surface area contributed by atoms with Crippen molar-refractivity contribution >= 4 is 34.6 Å². The van der Waals surface area contributed by atoms with E-state index in [-0.39, 0.29) is 5.91 Å². The largest absolute Gasteiger partial charge is 0.497 e. The second-order valence-corrected chi connectivity index (χ2v) is 9.52. The van der Waals surface area contributed by atoms with Gasteiger partial charge < -0.3 is 14.0 Å². The third-order valence-electron chi connectivity index (χ3n) is 6.08. The average molecular weight is 510 g/mol. The molecule has 1 aliphatic heterocycles. The third kappa shape index (κ3) is 5.32. The smallest absolute Gasteiger partial charge is 0.267 e. The molecule has 0 spiro atoms. The van der Waals surface area contributed by atoms with Crippen molar-refractivity contribution in [2.45, 2.75) is 13.5 Å². The van der Waals surface area contributed by atoms with Gasteiger partial charge in [0.15, 0.2) is 5.17 Å². The van der Waals surface area contributed by atoms with Crippen molar-refractivity contribution in [2.24, 2.45) is 4.99 Å². The summed E-state index contributed by atoms with van der Waals surface area (Å²) in [6.07, 6.45) is 1.94. The third-order valence-corrected chi connectivity index (χ3v) is 7.09. The highest BCUT2D eigenvalue weighted by molar-refractivity contribution is 8.18. The summed E-state index contributed by atoms with van der Waals surface area (Å²) in [6.45, 7) is 2.46. The van der Waals surface area contributed by atoms with Crippen molar-refractivity contribution in [3.8, 4) is 17.2 Å². The van der Waals surface area contributed by atoms with E-state index in [4.69, 9.17) is 14.5 Å². The molecule has 1 aliphatic rings. The lowest BCUT2D eigenvalue weighted by molar-refractivity contribution is -0.122. The maximum atomic E-state index is 13.7. The molecule has 0 aliphatic carbocycles. The van der Waals surface area contributed by atoms with Crippen molar-refractivity contribution < 1.29 is 14.3 Å². The number of rotatable bonds is 7. The quantitative estimate of drug-likeness (QED) is 0.263. The Morgan fingerprint density at radius 2 is 1.49 bits per heavy atom. The average Bonchev–Trinajstić information content (AvgIpc) is 3.44. The van der Waals surface area contributed by atoms with Gasteiger partial charge in [-0.1, -0.05) is 30.3 Å². The predicted octanol–water partition coefficient (Wildman–Crippen LogP) is 6.61. The molecule has 5 rings (SSSR count). The molecule has 1 aromatic heterocycles. The molecule has 186 valence electrons. The minimum absolute atomic E-state index is 0.0735. The van der Waals surface area contributed by atoms with Gasteiger partial charge in [0.05, 0.1) is 31.4 Å². The van der Waals surface area contributed by atoms with E-state index in [1.54, 1.807) is 19.1 Å². The Kier molecular flexibility index (Phi) is 7.14. The molecular weight excluding hydrogens is 482 g/mol. The van der Waals surface area contributed by atoms with Crippen molar-refractivity contribution in [1.82, 2.24) is 9.47 Å². The molecule has 1 saturated heterocycles. The highest BCUT2D eigenvalue weighted by atomic mass is 32.2. The number of amidine groups is 1. The minimum Gasteiger partial charge on any atom is -0.497 e. The Balaban J connectivity index is 1.51. The van der Waals surface area contributed by atoms with Crippen LogP contribution in [0.2, 0.25) is 0 Å². The number of carbonyl (C=O) groups excluding carboxylic acids is 1. The van der Waals surface area contributed by atoms with E-state index >= 15 is 0 Å². The van der Waals surface area contributed by atoms with Gasteiger partial charge in [0.2, 0.25) is 0 Å². The predicted molar refractivity (Wildman–Crippen MR) is 150 cm³/mol. The van der Waals surface area contributed by atoms with Gasteiger partial charge >= 0.3 is 0 Å². The molecule has 0 saturated carbocycles. The highest BCUT2D eigenvalue weighted by Gasteiger charge is 2.34. The van der Waals surface area contributed by atoms with E-state index in [0.29, 0.717) is 16.6 Å². The molecule has 0 bridgehead atoms. The molecule has 0 radical (unpaired) electrons. The summed E-state index contributed by atoms with van der Waals surface area (Å²) >= 11 is 1.39. The summed E-state index contributed by atoms with van der Waals surface area (Å²) in [7, 11) is 3.29. The molecule has 0 N–H and O–H groups in total. The van der Waals surface area contributed by atoms with Crippen LogP contribution >= 0.6 is 11.8 Å². The number of methoxy groups -OCH3 is 2. The van der Waals surface area contributed by atoms with Gasteiger partial charge in [-0.05, 0) is 91.0 Å². The Morgan fingerprint density at radius 3 is 2.14 bits per heavy atom. The molecule has 7 heteroatoms. The molecule has 37 heavy (non-hydrogen) atoms. The first kappa shape index (κ1) is 24.5. The molecule has 3 aromatic carbocycles. The Bertz CT molecular complexity index is 1460. The van der Waals surface area contributed by atoms with Gasteiger partial charge in [-0.15, -0.1) is 0 Å². The van der Waals surface area contributed by atoms with E-state index < -0.39 is 0 Å². The molecule has 6 nitrogen and oxygen atoms in total. The van der Waals surface area contributed by atoms with Crippen LogP contribution in [0.25, 0.3) is 11.8 Å². The molecule has 0 unspecified atom stereocenters. The fraction of sp³-hybridized carbons (Fsp3) is 0.133. The normalized spacial score (nSPS) is 15.5. The minimum atomic E-state index is -0.0735. The van der Waals surface area contributed by atoms with Crippen LogP contribution in [0.1, 0.15) is 17.0 Å². The van der Waals surface area contributed by atoms with E-state index in [9.17, 15) is 4.79 Å². The van der Waals surface area contributed by atoms with Crippen molar-refractivity contribution in [2.75, 3.05) is 14.2 Å². The monoisotopic (exact) mass is 509 g/mol. The lowest BCUT2D eigenvalue weighted by Gasteiger charge is -2.16. The Morgan fingerprint density at radius 1 is 0.838 bits per heavy atom. The number of aliphatic imine (C=N–C) groups is 1. The fourth-order valence-electron chi connectivity index (χ4n) is 4.15. The zero-order valence-corrected chi connectivity index (χ0v) is 21.7. The number of hydrogen-bond donors (Lipinski definition) is 0. The second kappa shape index (κ2) is 10.8. The Labute approximate surface area is 220 Å². The first-order valence-corrected chi connectivity index (χ1v) is 12.7. The molecule has 2 heterocycles. The number of ether oxygens (including phenoxy) is 2. The zero-order chi connectivity index (χ0) is 25.8. The zero-order valence-electron chi connectivity index (χ0n) is 20.9. The first-order valence-electron chi connectivity index (χ1n) is 11.9. The molecule has 1 amide bonds. The number of amides is 1. The topological polar surface area (TPSA) is 56.1 Å². The summed E-state index contributed by atoms with van der Waals surface area (Å²) in [4.78, 5) is 20.9. The van der Waals surface area contributed by atoms with Crippen LogP contribution in [0.4, 0.5) is 5.69 Å². The summed E-state index contributed by atoms with van der Waals surface area (Å²) in [5.74, 6) is 1.50. The number of aryl methyl sites for hydroxylation is 1. The number of aromatic nitrogens is 1. The molecule has 1 fully saturated rings. The van der Waals surface area contributed by atoms with Gasteiger partial charge in [-0.2, -0.15) is 0 Å². The number of carbonyl (C=O) groups is 1. The van der Waals surface area contributed by atoms with Crippen LogP contribution in [0, 0.1) is 6.92 Å². The van der Waals surface area contributed by atoms with Crippen LogP contribution in [-0.2, 0) is 11.3 Å². The lowest BCUT2D eigenvalue weighted by atomic mass is 10.2. The van der Waals surface area contributed by atoms with Gasteiger partial charge in [-0.25, -0.2) is 4.99 Å². The number of hydrogen-bond acceptors (Lipinski definition) is 5. The van der Waals surface area contributed by atoms with Gasteiger partial charge in [0, 0.05) is 17.1 Å². The van der Waals surface area contributed by atoms with E-state index in [2.05, 4.69) is 10.6 Å². The van der Waals surface area contributed by atoms with Gasteiger partial charge in [0.1, 0.15) is 11.5 Å². The van der Waals surface area contributed by atoms with Gasteiger partial charge in [-0.3, -0.25) is 9.69 Å². The number of benzene rings is 3. The Hall–Kier alpha value is -4.23. The van der Waals surface area contributed by atoms with E-state index in [1.807, 2.05) is 97.9 Å². The van der Waals surface area contributed by atoms with Crippen molar-refractivity contribution in [3.63, 3.8) is 0 Å². The van der Waals surface area contributed by atoms with Gasteiger partial charge in [0.25, 0.3) is 5.91 Å². The van der Waals surface area contributed by atoms with Crippen LogP contribution in [0.3, 0.4) is 0 Å². The lowest BCUT2D eigenvalue weighted by Crippen LogP contribution is -2.28. The molecule has 4 aromatic rings. The summed E-state index contributed by atoms with van der Waals surface area (Å²) in [6, 6.07) is 29.4. The first-order chi connectivity index (χ1) is 18.1. The van der Waals surface area contributed by atoms with Crippen LogP contribution in [0.5, 0.6) is 11.5 Å². The summed E-state index contributed by atoms with van der Waals surface area (Å²) < 4.78 is 12.7. The van der Waals surface area contributed by atoms with Crippen LogP contribution in [0.15, 0.2) is 101 Å². The number of nitrogens with zero attached hydrogens (tertiary/aromatic N) is 3. The van der Waals surface area contributed by atoms with Crippen molar-refractivity contribution in [3.05, 3.63) is 113 Å². The number of thioether (sulfide) groups is 1. The van der Waals surface area contributed by atoms with Crippen molar-refractivity contribution in [1.29, 1.82) is 0 Å². The van der Waals surface area contributed by atoms with E-state index in [1.165, 1.54) is 11.8 Å². The van der Waals surface area contributed by atoms with Crippen LogP contribution in [-0.4, -0.2) is 34.8 Å². The molecule has 0 atom stereocenters. The standard InChI is InChI=1S/C30H27N3O3S/c1-21-9-12-25(33(21)24-13-17-27(36-3)18-14-24)19-28-29(34)32(20-22-10-15-26(35-2)16-11-22)30(37-28)31-23-7-5-4-6-8-23/h4-19H,20H2,1-3H3/b28-19-,31-30?. The fourth-order valence-corrected chi connectivity index (χ4v) is 5.13. The number of para-hydroxylation sites is 1. The van der Waals surface area contributed by atoms with E-state index in [0.717, 1.165) is 39.8 Å². The molecular formula is C30H27N3O3S. The second-order valence-electron chi connectivity index (χ2n) is 8.51. The maximum Gasteiger partial charge on any atom is 0.267 e. The highest BCUT2D eigenvalue weighted by Crippen LogP contribution is 2.36. The maximum absolute atomic E-state index is 13.7. The SMILES string of the molecule is COc1ccc(CN2C(=O)/C(=C/c3ccc(C)n3-c3ccc(OC)cc3)SC2=Nc2ccccc2)cc1. The summed E-state index contributed by atoms with van der Waals surface area (Å²) in [5, 5.41) is 0.651. The summed E-state index contributed by atoms with van der Waals surface area (Å²) in [5.41, 5.74) is 4.79.